The molecular weight excluding hydrogens is 1790 g/mol. The van der Waals surface area contributed by atoms with Crippen molar-refractivity contribution in [1.29, 1.82) is 0 Å². The molecule has 0 amide bonds. The molecule has 0 aliphatic heterocycles. The number of rotatable bonds is 10. The van der Waals surface area contributed by atoms with Gasteiger partial charge in [0.2, 0.25) is 0 Å². The maximum atomic E-state index is 11.1. The maximum Gasteiger partial charge on any atom is 0.488 e. The molecule has 0 aliphatic rings. The fourth-order valence-corrected chi connectivity index (χ4v) is 16.9. The number of aromatic nitrogens is 5. The highest BCUT2D eigenvalue weighted by Crippen LogP contribution is 2.47. The Morgan fingerprint density at radius 3 is 0.911 bits per heavy atom. The zero-order valence-corrected chi connectivity index (χ0v) is 73.0. The van der Waals surface area contributed by atoms with Crippen molar-refractivity contribution in [2.45, 2.75) is 0 Å². The Morgan fingerprint density at radius 2 is 0.605 bits per heavy atom. The van der Waals surface area contributed by atoms with E-state index in [0.29, 0.717) is 22.1 Å². The second-order valence-electron chi connectivity index (χ2n) is 29.7. The summed E-state index contributed by atoms with van der Waals surface area (Å²) in [6.07, 6.45) is 9.75. The molecule has 0 fully saturated rings. The molecule has 0 unspecified atom stereocenters. The first-order valence-electron chi connectivity index (χ1n) is 40.2. The summed E-state index contributed by atoms with van der Waals surface area (Å²) < 4.78 is 7.21. The third kappa shape index (κ3) is 18.6. The summed E-state index contributed by atoms with van der Waals surface area (Å²) >= 11 is 13.3. The van der Waals surface area contributed by atoms with E-state index in [1.807, 2.05) is 155 Å². The van der Waals surface area contributed by atoms with Crippen LogP contribution < -0.4 is 16.7 Å². The number of halogens is 4. The predicted molar refractivity (Wildman–Crippen MR) is 532 cm³/mol. The summed E-state index contributed by atoms with van der Waals surface area (Å²) in [6, 6.07) is 130. The second kappa shape index (κ2) is 38.0. The zero-order valence-electron chi connectivity index (χ0n) is 66.6. The van der Waals surface area contributed by atoms with Gasteiger partial charge in [0.05, 0.1) is 16.7 Å². The Balaban J connectivity index is 0.000000115. The van der Waals surface area contributed by atoms with Crippen LogP contribution in [0.1, 0.15) is 10.4 Å². The number of carbonyl (C=O) groups is 1. The van der Waals surface area contributed by atoms with Gasteiger partial charge in [0.15, 0.2) is 5.78 Å². The minimum atomic E-state index is -1.54. The van der Waals surface area contributed by atoms with Crippen LogP contribution in [-0.2, 0) is 0 Å². The molecule has 17 aromatic carbocycles. The molecule has 598 valence electrons. The van der Waals surface area contributed by atoms with E-state index in [9.17, 15) is 24.9 Å². The SMILES string of the molecule is Brc1ccc(-c2cn3ccccc3n2)cc1.Brc1ccc(-c2cn3ccccc3n2)cc1.Nc1ccccn1.O=C(CBr)c1ccc(Br)cc1.OB(O)c1ccc2c(-c3ccc4ccccc4c3)c3ccccc3c(-c3ccc4ccccc4c3)c2c1.OB(O)c1ccc2c(-c3ccc4ccccc4c3)c3ccccc3c(-c3ccc4ccccc4c3)c2c1. The van der Waals surface area contributed by atoms with Crippen molar-refractivity contribution in [3.63, 3.8) is 0 Å². The number of ketones is 1. The molecule has 5 heterocycles. The van der Waals surface area contributed by atoms with E-state index < -0.39 is 14.2 Å². The number of imidazole rings is 2. The van der Waals surface area contributed by atoms with Crippen LogP contribution in [0, 0.1) is 0 Å². The molecule has 124 heavy (non-hydrogen) atoms. The lowest BCUT2D eigenvalue weighted by atomic mass is 9.77. The number of nitrogens with zero attached hydrogens (tertiary/aromatic N) is 5. The van der Waals surface area contributed by atoms with Crippen molar-refractivity contribution in [1.82, 2.24) is 23.8 Å². The van der Waals surface area contributed by atoms with Gasteiger partial charge in [-0.15, -0.1) is 0 Å². The summed E-state index contributed by atoms with van der Waals surface area (Å²) in [4.78, 5) is 23.9. The smallest absolute Gasteiger partial charge is 0.423 e. The van der Waals surface area contributed by atoms with Crippen molar-refractivity contribution >= 4 is 198 Å². The summed E-state index contributed by atoms with van der Waals surface area (Å²) in [5.74, 6) is 0.681. The van der Waals surface area contributed by atoms with Crippen LogP contribution in [0.5, 0.6) is 0 Å². The number of carbonyl (C=O) groups excluding carboxylic acids is 1. The lowest BCUT2D eigenvalue weighted by molar-refractivity contribution is 0.102. The first kappa shape index (κ1) is 83.0. The maximum absolute atomic E-state index is 11.1. The van der Waals surface area contributed by atoms with Crippen LogP contribution in [0.3, 0.4) is 0 Å². The number of alkyl halides is 1. The molecule has 0 spiro atoms. The summed E-state index contributed by atoms with van der Waals surface area (Å²) in [5.41, 5.74) is 22.2. The Kier molecular flexibility index (Phi) is 25.4. The van der Waals surface area contributed by atoms with Gasteiger partial charge in [0.25, 0.3) is 0 Å². The Labute approximate surface area is 750 Å². The van der Waals surface area contributed by atoms with Gasteiger partial charge in [0.1, 0.15) is 17.1 Å². The molecule has 0 bridgehead atoms. The number of benzene rings is 17. The molecule has 22 rings (SSSR count). The Hall–Kier alpha value is -13.3. The van der Waals surface area contributed by atoms with E-state index in [0.717, 1.165) is 130 Å². The molecule has 0 radical (unpaired) electrons. The van der Waals surface area contributed by atoms with Gasteiger partial charge in [-0.05, 0) is 239 Å². The molecule has 0 aliphatic carbocycles. The van der Waals surface area contributed by atoms with Crippen molar-refractivity contribution in [2.75, 3.05) is 11.1 Å². The highest BCUT2D eigenvalue weighted by atomic mass is 79.9. The van der Waals surface area contributed by atoms with E-state index in [1.165, 1.54) is 53.9 Å². The van der Waals surface area contributed by atoms with Crippen LogP contribution in [-0.4, -0.2) is 69.2 Å². The van der Waals surface area contributed by atoms with Crippen LogP contribution in [0.15, 0.2) is 427 Å². The Bertz CT molecular complexity index is 7180. The quantitative estimate of drug-likeness (QED) is 0.0387. The van der Waals surface area contributed by atoms with E-state index in [2.05, 4.69) is 321 Å². The first-order chi connectivity index (χ1) is 60.6. The van der Waals surface area contributed by atoms with Crippen LogP contribution in [0.4, 0.5) is 5.82 Å². The van der Waals surface area contributed by atoms with Gasteiger partial charge < -0.3 is 34.6 Å². The number of pyridine rings is 3. The lowest BCUT2D eigenvalue weighted by Gasteiger charge is -2.19. The van der Waals surface area contributed by atoms with Gasteiger partial charge in [-0.2, -0.15) is 0 Å². The summed E-state index contributed by atoms with van der Waals surface area (Å²) in [7, 11) is -3.08. The average Bonchev–Trinajstić information content (AvgIpc) is 0.753. The number of nitrogen functional groups attached to an aromatic ring is 1. The molecule has 17 heteroatoms. The van der Waals surface area contributed by atoms with Gasteiger partial charge >= 0.3 is 14.2 Å². The third-order valence-electron chi connectivity index (χ3n) is 21.8. The van der Waals surface area contributed by atoms with Crippen LogP contribution in [0.2, 0.25) is 0 Å². The number of hydrogen-bond acceptors (Lipinski definition) is 9. The highest BCUT2D eigenvalue weighted by molar-refractivity contribution is 9.11. The minimum absolute atomic E-state index is 0.109. The lowest BCUT2D eigenvalue weighted by Crippen LogP contribution is -2.29. The molecule has 11 nitrogen and oxygen atoms in total. The van der Waals surface area contributed by atoms with Gasteiger partial charge in [0, 0.05) is 61.1 Å². The van der Waals surface area contributed by atoms with Gasteiger partial charge in [-0.3, -0.25) is 4.79 Å². The minimum Gasteiger partial charge on any atom is -0.423 e. The third-order valence-corrected chi connectivity index (χ3v) is 23.9. The van der Waals surface area contributed by atoms with E-state index >= 15 is 0 Å². The first-order valence-corrected chi connectivity index (χ1v) is 43.7. The molecule has 5 aromatic heterocycles. The fourth-order valence-electron chi connectivity index (χ4n) is 15.8. The molecular formula is C107H76B2Br4N6O5. The molecule has 0 saturated carbocycles. The van der Waals surface area contributed by atoms with Crippen molar-refractivity contribution < 1.29 is 24.9 Å². The molecule has 0 saturated heterocycles. The highest BCUT2D eigenvalue weighted by Gasteiger charge is 2.23. The topological polar surface area (TPSA) is 172 Å². The zero-order chi connectivity index (χ0) is 85.2. The largest absolute Gasteiger partial charge is 0.488 e. The molecule has 22 aromatic rings. The number of hydrogen-bond donors (Lipinski definition) is 5. The second-order valence-corrected chi connectivity index (χ2v) is 33.0. The van der Waals surface area contributed by atoms with E-state index in [4.69, 9.17) is 5.73 Å². The monoisotopic (exact) mass is 1860 g/mol. The normalized spacial score (nSPS) is 11.0. The standard InChI is InChI=1S/2C34H23BO2.2C13H9BrN2.C8H6Br2O.C5H6N2/c2*36-35(37)28-17-18-31-32(21-28)34(27-16-14-23-8-2-4-10-25(23)20-27)30-12-6-5-11-29(30)33(31)26-15-13-22-7-1-3-9-24(22)19-26;2*14-11-6-4-10(5-7-11)12-9-16-8-2-1-3-13(16)15-12;9-5-8(11)6-1-3-7(10)4-2-6;6-5-3-1-2-4-7-5/h2*1-21,36-37H;2*1-9H;1-4H,5H2;1-4H,(H2,6,7). The summed E-state index contributed by atoms with van der Waals surface area (Å²) in [6.45, 7) is 0. The molecule has 6 N–H and O–H groups in total. The van der Waals surface area contributed by atoms with Gasteiger partial charge in [-0.1, -0.05) is 349 Å². The van der Waals surface area contributed by atoms with Gasteiger partial charge in [-0.25, -0.2) is 15.0 Å². The van der Waals surface area contributed by atoms with E-state index in [1.54, 1.807) is 24.4 Å². The van der Waals surface area contributed by atoms with E-state index in [-0.39, 0.29) is 5.78 Å². The Morgan fingerprint density at radius 1 is 0.306 bits per heavy atom. The fraction of sp³-hybridized carbons (Fsp3) is 0.00935. The van der Waals surface area contributed by atoms with Crippen molar-refractivity contribution in [3.05, 3.63) is 432 Å². The number of nitrogens with two attached hydrogens (primary N) is 1. The van der Waals surface area contributed by atoms with Crippen molar-refractivity contribution in [3.8, 4) is 67.0 Å². The van der Waals surface area contributed by atoms with Crippen LogP contribution >= 0.6 is 63.7 Å². The number of anilines is 1. The predicted octanol–water partition coefficient (Wildman–Crippen LogP) is 25.8. The average molecular weight is 1870 g/mol. The number of fused-ring (bicyclic) bond motifs is 10. The number of Topliss-reactive ketones (excluding diaryl/α,β-unsaturated/α-hetero) is 1. The van der Waals surface area contributed by atoms with Crippen molar-refractivity contribution in [2.24, 2.45) is 0 Å². The summed E-state index contributed by atoms with van der Waals surface area (Å²) in [5, 5.41) is 59.0. The van der Waals surface area contributed by atoms with Crippen LogP contribution in [0.25, 0.3) is 164 Å². The molecule has 0 atom stereocenters.